The Hall–Kier alpha value is -2.99. The molecule has 0 radical (unpaired) electrons. The zero-order valence-electron chi connectivity index (χ0n) is 21.4. The lowest BCUT2D eigenvalue weighted by molar-refractivity contribution is -0.139. The number of hydrogen-bond donors (Lipinski definition) is 3. The molecule has 2 unspecified atom stereocenters. The van der Waals surface area contributed by atoms with Gasteiger partial charge >= 0.3 is 5.97 Å². The Labute approximate surface area is 219 Å². The van der Waals surface area contributed by atoms with Crippen molar-refractivity contribution in [2.75, 3.05) is 0 Å². The Morgan fingerprint density at radius 1 is 1.28 bits per heavy atom. The number of H-pyrrole nitrogens is 1. The molecule has 3 N–H and O–H groups in total. The summed E-state index contributed by atoms with van der Waals surface area (Å²) in [5.41, 5.74) is 4.68. The van der Waals surface area contributed by atoms with Crippen LogP contribution in [0.5, 0.6) is 0 Å². The summed E-state index contributed by atoms with van der Waals surface area (Å²) in [7, 11) is -4.15. The van der Waals surface area contributed by atoms with Crippen LogP contribution in [0.4, 0.5) is 0 Å². The molecular weight excluding hydrogens is 492 g/mol. The molecule has 192 valence electrons. The minimum absolute atomic E-state index is 0.212. The van der Waals surface area contributed by atoms with Crippen molar-refractivity contribution >= 4 is 33.8 Å². The second kappa shape index (κ2) is 13.4. The standard InChI is InChI=1S/C26H28N2O4S2.C2H6/c1-5-21(15-14-20-12-10-17(2)11-13-20)33-19(4)34(31,32)28-25(26(29)30)18(3)23-16-27-24-9-7-6-8-22(23)24;1-2/h5,7,9-13,16,18,25,27-28H,4,6,8H2,1-3H3,(H,29,30);1-2H3/b21-5-;. The molecule has 0 fully saturated rings. The molecule has 1 aliphatic carbocycles. The van der Waals surface area contributed by atoms with Crippen molar-refractivity contribution in [2.24, 2.45) is 0 Å². The third-order valence-corrected chi connectivity index (χ3v) is 8.47. The number of aromatic nitrogens is 1. The van der Waals surface area contributed by atoms with Gasteiger partial charge in [0.2, 0.25) is 10.0 Å². The van der Waals surface area contributed by atoms with E-state index in [1.165, 1.54) is 0 Å². The van der Waals surface area contributed by atoms with Crippen LogP contribution in [-0.2, 0) is 21.2 Å². The second-order valence-corrected chi connectivity index (χ2v) is 11.2. The number of rotatable bonds is 8. The first-order valence-corrected chi connectivity index (χ1v) is 14.2. The molecule has 1 aliphatic rings. The first kappa shape index (κ1) is 29.2. The highest BCUT2D eigenvalue weighted by Crippen LogP contribution is 2.32. The molecule has 2 atom stereocenters. The van der Waals surface area contributed by atoms with Crippen LogP contribution < -0.4 is 4.72 Å². The van der Waals surface area contributed by atoms with Crippen LogP contribution in [0.15, 0.2) is 58.3 Å². The molecule has 1 aromatic heterocycles. The quantitative estimate of drug-likeness (QED) is 0.370. The molecule has 0 spiro atoms. The van der Waals surface area contributed by atoms with Gasteiger partial charge in [-0.25, -0.2) is 8.42 Å². The maximum atomic E-state index is 13.0. The van der Waals surface area contributed by atoms with Gasteiger partial charge in [0.15, 0.2) is 0 Å². The summed E-state index contributed by atoms with van der Waals surface area (Å²) in [6.45, 7) is 13.1. The van der Waals surface area contributed by atoms with E-state index >= 15 is 0 Å². The lowest BCUT2D eigenvalue weighted by Crippen LogP contribution is -2.44. The predicted octanol–water partition coefficient (Wildman–Crippen LogP) is 5.94. The van der Waals surface area contributed by atoms with E-state index in [9.17, 15) is 18.3 Å². The molecule has 0 bridgehead atoms. The van der Waals surface area contributed by atoms with Gasteiger partial charge < -0.3 is 10.1 Å². The number of carbonyl (C=O) groups is 1. The van der Waals surface area contributed by atoms with Crippen molar-refractivity contribution in [2.45, 2.75) is 59.4 Å². The highest BCUT2D eigenvalue weighted by molar-refractivity contribution is 8.20. The number of carboxylic acid groups (broad SMARTS) is 1. The Kier molecular flexibility index (Phi) is 10.8. The summed E-state index contributed by atoms with van der Waals surface area (Å²) in [4.78, 5) is 15.7. The van der Waals surface area contributed by atoms with E-state index in [1.54, 1.807) is 26.1 Å². The van der Waals surface area contributed by atoms with E-state index < -0.39 is 28.0 Å². The fraction of sp³-hybridized carbons (Fsp3) is 0.321. The summed E-state index contributed by atoms with van der Waals surface area (Å²) in [6, 6.07) is 6.33. The van der Waals surface area contributed by atoms with Gasteiger partial charge in [0.25, 0.3) is 0 Å². The van der Waals surface area contributed by atoms with Gasteiger partial charge in [-0.15, -0.1) is 0 Å². The molecule has 0 saturated heterocycles. The van der Waals surface area contributed by atoms with Crippen molar-refractivity contribution in [3.63, 3.8) is 0 Å². The van der Waals surface area contributed by atoms with Crippen molar-refractivity contribution in [3.8, 4) is 11.8 Å². The number of carboxylic acids is 1. The predicted molar refractivity (Wildman–Crippen MR) is 150 cm³/mol. The van der Waals surface area contributed by atoms with Gasteiger partial charge in [0.1, 0.15) is 10.3 Å². The Morgan fingerprint density at radius 3 is 2.56 bits per heavy atom. The molecule has 2 aromatic rings. The van der Waals surface area contributed by atoms with Crippen LogP contribution in [0.25, 0.3) is 6.08 Å². The van der Waals surface area contributed by atoms with Crippen LogP contribution in [0, 0.1) is 18.8 Å². The first-order valence-electron chi connectivity index (χ1n) is 11.9. The fourth-order valence-corrected chi connectivity index (χ4v) is 5.72. The maximum Gasteiger partial charge on any atom is 0.322 e. The van der Waals surface area contributed by atoms with E-state index in [1.807, 2.05) is 57.2 Å². The van der Waals surface area contributed by atoms with Crippen molar-refractivity contribution in [1.29, 1.82) is 0 Å². The number of hydrogen-bond acceptors (Lipinski definition) is 4. The number of fused-ring (bicyclic) bond motifs is 1. The zero-order valence-corrected chi connectivity index (χ0v) is 23.0. The maximum absolute atomic E-state index is 13.0. The van der Waals surface area contributed by atoms with Crippen molar-refractivity contribution in [3.05, 3.63) is 86.3 Å². The SMILES string of the molecule is C=C(S/C(C#Cc1ccc(C)cc1)=C\C)S(=O)(=O)NC(C(=O)O)C(C)c1c[nH]c2c1CCC=C2.CC. The van der Waals surface area contributed by atoms with Crippen LogP contribution >= 0.6 is 11.8 Å². The first-order chi connectivity index (χ1) is 17.1. The third kappa shape index (κ3) is 7.50. The van der Waals surface area contributed by atoms with Gasteiger partial charge in [-0.2, -0.15) is 4.72 Å². The average Bonchev–Trinajstić information content (AvgIpc) is 3.31. The summed E-state index contributed by atoms with van der Waals surface area (Å²) in [5, 5.41) is 9.83. The van der Waals surface area contributed by atoms with E-state index in [2.05, 4.69) is 28.1 Å². The highest BCUT2D eigenvalue weighted by Gasteiger charge is 2.34. The number of thioether (sulfide) groups is 1. The number of benzene rings is 1. The number of aromatic amines is 1. The monoisotopic (exact) mass is 526 g/mol. The van der Waals surface area contributed by atoms with Crippen molar-refractivity contribution in [1.82, 2.24) is 9.71 Å². The number of allylic oxidation sites excluding steroid dienone is 3. The molecule has 8 heteroatoms. The highest BCUT2D eigenvalue weighted by atomic mass is 32.3. The van der Waals surface area contributed by atoms with Crippen LogP contribution in [-0.4, -0.2) is 30.5 Å². The number of aryl methyl sites for hydroxylation is 1. The molecule has 3 rings (SSSR count). The van der Waals surface area contributed by atoms with Gasteiger partial charge in [-0.3, -0.25) is 4.79 Å². The largest absolute Gasteiger partial charge is 0.480 e. The molecule has 0 saturated carbocycles. The molecule has 1 aromatic carbocycles. The van der Waals surface area contributed by atoms with E-state index in [0.29, 0.717) is 4.91 Å². The van der Waals surface area contributed by atoms with Gasteiger partial charge in [0.05, 0.1) is 4.91 Å². The minimum Gasteiger partial charge on any atom is -0.480 e. The third-order valence-electron chi connectivity index (χ3n) is 5.61. The van der Waals surface area contributed by atoms with Gasteiger partial charge in [-0.05, 0) is 56.0 Å². The van der Waals surface area contributed by atoms with Crippen LogP contribution in [0.1, 0.15) is 68.0 Å². The summed E-state index contributed by atoms with van der Waals surface area (Å²) >= 11 is 0.894. The summed E-state index contributed by atoms with van der Waals surface area (Å²) < 4.78 is 28.1. The van der Waals surface area contributed by atoms with Gasteiger partial charge in [0, 0.05) is 23.4 Å². The van der Waals surface area contributed by atoms with Crippen LogP contribution in [0.2, 0.25) is 0 Å². The number of nitrogens with one attached hydrogen (secondary N) is 2. The summed E-state index contributed by atoms with van der Waals surface area (Å²) in [5.74, 6) is 4.13. The molecule has 36 heavy (non-hydrogen) atoms. The van der Waals surface area contributed by atoms with Crippen molar-refractivity contribution < 1.29 is 18.3 Å². The van der Waals surface area contributed by atoms with E-state index in [-0.39, 0.29) is 4.24 Å². The lowest BCUT2D eigenvalue weighted by Gasteiger charge is -2.23. The molecular formula is C28H34N2O4S2. The minimum atomic E-state index is -4.15. The van der Waals surface area contributed by atoms with E-state index in [4.69, 9.17) is 0 Å². The molecule has 1 heterocycles. The Balaban J connectivity index is 0.00000222. The smallest absolute Gasteiger partial charge is 0.322 e. The lowest BCUT2D eigenvalue weighted by atomic mass is 9.89. The topological polar surface area (TPSA) is 99.3 Å². The number of sulfonamides is 1. The van der Waals surface area contributed by atoms with Crippen LogP contribution in [0.3, 0.4) is 0 Å². The number of aliphatic carboxylic acids is 1. The zero-order chi connectivity index (χ0) is 26.9. The Morgan fingerprint density at radius 2 is 1.94 bits per heavy atom. The molecule has 6 nitrogen and oxygen atoms in total. The molecule has 0 aliphatic heterocycles. The summed E-state index contributed by atoms with van der Waals surface area (Å²) in [6.07, 6.45) is 9.11. The average molecular weight is 527 g/mol. The molecule has 0 amide bonds. The normalized spacial score (nSPS) is 14.4. The Bertz CT molecular complexity index is 1310. The second-order valence-electron chi connectivity index (χ2n) is 8.05. The van der Waals surface area contributed by atoms with Gasteiger partial charge in [-0.1, -0.05) is 80.8 Å². The fourth-order valence-electron chi connectivity index (χ4n) is 3.63. The van der Waals surface area contributed by atoms with E-state index in [0.717, 1.165) is 52.6 Å².